The molecule has 1 atom stereocenters. The highest BCUT2D eigenvalue weighted by Crippen LogP contribution is 2.07. The maximum Gasteiger partial charge on any atom is 0.287 e. The average Bonchev–Trinajstić information content (AvgIpc) is 3.11. The van der Waals surface area contributed by atoms with E-state index in [0.29, 0.717) is 24.9 Å². The lowest BCUT2D eigenvalue weighted by atomic mass is 10.2. The fourth-order valence-corrected chi connectivity index (χ4v) is 2.94. The molecule has 0 aliphatic heterocycles. The van der Waals surface area contributed by atoms with E-state index in [9.17, 15) is 4.79 Å². The van der Waals surface area contributed by atoms with Gasteiger partial charge in [-0.25, -0.2) is 0 Å². The number of aryl methyl sites for hydroxylation is 1. The lowest BCUT2D eigenvalue weighted by molar-refractivity contribution is 0.0925. The van der Waals surface area contributed by atoms with Crippen molar-refractivity contribution in [1.82, 2.24) is 20.9 Å². The van der Waals surface area contributed by atoms with Crippen LogP contribution in [0.5, 0.6) is 0 Å². The van der Waals surface area contributed by atoms with Crippen molar-refractivity contribution in [3.8, 4) is 0 Å². The normalized spacial score (nSPS) is 12.9. The zero-order chi connectivity index (χ0) is 20.8. The highest BCUT2D eigenvalue weighted by molar-refractivity contribution is 5.92. The summed E-state index contributed by atoms with van der Waals surface area (Å²) in [4.78, 5) is 19.1. The van der Waals surface area contributed by atoms with E-state index in [0.717, 1.165) is 50.5 Å². The highest BCUT2D eigenvalue weighted by Gasteiger charge is 2.11. The van der Waals surface area contributed by atoms with Crippen molar-refractivity contribution in [2.45, 2.75) is 59.9 Å². The molecule has 1 unspecified atom stereocenters. The van der Waals surface area contributed by atoms with Gasteiger partial charge < -0.3 is 25.3 Å². The topological polar surface area (TPSA) is 81.9 Å². The van der Waals surface area contributed by atoms with Crippen LogP contribution in [0, 0.1) is 6.92 Å². The molecule has 1 amide bonds. The molecule has 0 saturated carbocycles. The number of nitrogens with zero attached hydrogens (tertiary/aromatic N) is 2. The first-order valence-electron chi connectivity index (χ1n) is 10.6. The Labute approximate surface area is 170 Å². The summed E-state index contributed by atoms with van der Waals surface area (Å²) in [6.45, 7) is 15.9. The van der Waals surface area contributed by atoms with E-state index < -0.39 is 0 Å². The number of carbonyl (C=O) groups is 1. The average molecular weight is 394 g/mol. The molecule has 0 bridgehead atoms. The van der Waals surface area contributed by atoms with Crippen LogP contribution in [0.2, 0.25) is 0 Å². The Morgan fingerprint density at radius 3 is 2.57 bits per heavy atom. The number of nitrogens with one attached hydrogen (secondary N) is 3. The molecule has 7 nitrogen and oxygen atoms in total. The summed E-state index contributed by atoms with van der Waals surface area (Å²) in [5, 5.41) is 9.64. The minimum atomic E-state index is -0.168. The molecule has 1 aromatic heterocycles. The molecule has 28 heavy (non-hydrogen) atoms. The Kier molecular flexibility index (Phi) is 12.0. The number of furan rings is 1. The van der Waals surface area contributed by atoms with Gasteiger partial charge in [-0.3, -0.25) is 9.79 Å². The lowest BCUT2D eigenvalue weighted by Gasteiger charge is -2.21. The van der Waals surface area contributed by atoms with Crippen LogP contribution in [0.1, 0.15) is 63.1 Å². The second kappa shape index (κ2) is 14.0. The van der Waals surface area contributed by atoms with E-state index in [1.807, 2.05) is 6.92 Å². The Balaban J connectivity index is 2.30. The molecular formula is C21H39N5O2. The van der Waals surface area contributed by atoms with E-state index in [1.54, 1.807) is 6.07 Å². The smallest absolute Gasteiger partial charge is 0.287 e. The van der Waals surface area contributed by atoms with Gasteiger partial charge in [0.1, 0.15) is 0 Å². The zero-order valence-corrected chi connectivity index (χ0v) is 18.3. The second-order valence-corrected chi connectivity index (χ2v) is 7.02. The third-order valence-corrected chi connectivity index (χ3v) is 4.69. The first kappa shape index (κ1) is 24.0. The number of amides is 1. The zero-order valence-electron chi connectivity index (χ0n) is 18.3. The molecule has 0 radical (unpaired) electrons. The van der Waals surface area contributed by atoms with Crippen LogP contribution in [0.15, 0.2) is 21.7 Å². The predicted molar refractivity (Wildman–Crippen MR) is 116 cm³/mol. The SMILES string of the molecule is CCNC(=NCCCNC(=O)c1occc1C)NC(C)CCCN(CC)CC. The van der Waals surface area contributed by atoms with Crippen molar-refractivity contribution in [3.63, 3.8) is 0 Å². The van der Waals surface area contributed by atoms with Crippen LogP contribution in [0.3, 0.4) is 0 Å². The second-order valence-electron chi connectivity index (χ2n) is 7.02. The van der Waals surface area contributed by atoms with Crippen molar-refractivity contribution < 1.29 is 9.21 Å². The van der Waals surface area contributed by atoms with Gasteiger partial charge in [0.05, 0.1) is 6.26 Å². The molecule has 0 aromatic carbocycles. The van der Waals surface area contributed by atoms with Gasteiger partial charge in [0, 0.05) is 31.2 Å². The molecular weight excluding hydrogens is 354 g/mol. The number of hydrogen-bond acceptors (Lipinski definition) is 4. The van der Waals surface area contributed by atoms with Crippen LogP contribution < -0.4 is 16.0 Å². The van der Waals surface area contributed by atoms with Crippen LogP contribution in [-0.2, 0) is 0 Å². The van der Waals surface area contributed by atoms with Crippen molar-refractivity contribution in [2.75, 3.05) is 39.3 Å². The van der Waals surface area contributed by atoms with Gasteiger partial charge in [-0.2, -0.15) is 0 Å². The van der Waals surface area contributed by atoms with Gasteiger partial charge in [-0.15, -0.1) is 0 Å². The summed E-state index contributed by atoms with van der Waals surface area (Å²) in [6, 6.07) is 2.16. The number of rotatable bonds is 13. The van der Waals surface area contributed by atoms with E-state index in [4.69, 9.17) is 4.42 Å². The van der Waals surface area contributed by atoms with Crippen LogP contribution in [0.25, 0.3) is 0 Å². The van der Waals surface area contributed by atoms with E-state index in [-0.39, 0.29) is 5.91 Å². The molecule has 7 heteroatoms. The van der Waals surface area contributed by atoms with Gasteiger partial charge >= 0.3 is 0 Å². The quantitative estimate of drug-likeness (QED) is 0.273. The van der Waals surface area contributed by atoms with E-state index in [2.05, 4.69) is 53.5 Å². The fourth-order valence-electron chi connectivity index (χ4n) is 2.94. The number of guanidine groups is 1. The number of carbonyl (C=O) groups excluding carboxylic acids is 1. The van der Waals surface area contributed by atoms with Gasteiger partial charge in [0.25, 0.3) is 5.91 Å². The first-order valence-corrected chi connectivity index (χ1v) is 10.6. The minimum absolute atomic E-state index is 0.168. The summed E-state index contributed by atoms with van der Waals surface area (Å²) in [6.07, 6.45) is 4.59. The van der Waals surface area contributed by atoms with Crippen molar-refractivity contribution >= 4 is 11.9 Å². The molecule has 0 fully saturated rings. The summed E-state index contributed by atoms with van der Waals surface area (Å²) in [5.41, 5.74) is 0.851. The lowest BCUT2D eigenvalue weighted by Crippen LogP contribution is -2.42. The minimum Gasteiger partial charge on any atom is -0.459 e. The maximum atomic E-state index is 12.0. The first-order chi connectivity index (χ1) is 13.5. The molecule has 1 heterocycles. The standard InChI is InChI=1S/C21H39N5O2/c1-6-22-21(25-18(5)11-9-15-26(7-2)8-3)24-14-10-13-23-20(27)19-17(4)12-16-28-19/h12,16,18H,6-11,13-15H2,1-5H3,(H,23,27)(H2,22,24,25). The summed E-state index contributed by atoms with van der Waals surface area (Å²) >= 11 is 0. The summed E-state index contributed by atoms with van der Waals surface area (Å²) in [5.74, 6) is 1.06. The van der Waals surface area contributed by atoms with Crippen molar-refractivity contribution in [2.24, 2.45) is 4.99 Å². The third-order valence-electron chi connectivity index (χ3n) is 4.69. The number of hydrogen-bond donors (Lipinski definition) is 3. The van der Waals surface area contributed by atoms with Gasteiger partial charge in [0.2, 0.25) is 0 Å². The van der Waals surface area contributed by atoms with Gasteiger partial charge in [-0.05, 0) is 65.7 Å². The van der Waals surface area contributed by atoms with Crippen molar-refractivity contribution in [3.05, 3.63) is 23.7 Å². The van der Waals surface area contributed by atoms with Crippen LogP contribution in [-0.4, -0.2) is 62.1 Å². The maximum absolute atomic E-state index is 12.0. The number of aliphatic imine (C=N–C) groups is 1. The Morgan fingerprint density at radius 1 is 1.21 bits per heavy atom. The molecule has 3 N–H and O–H groups in total. The summed E-state index contributed by atoms with van der Waals surface area (Å²) in [7, 11) is 0. The predicted octanol–water partition coefficient (Wildman–Crippen LogP) is 2.77. The Bertz CT molecular complexity index is 581. The largest absolute Gasteiger partial charge is 0.459 e. The Morgan fingerprint density at radius 2 is 1.96 bits per heavy atom. The monoisotopic (exact) mass is 393 g/mol. The molecule has 0 saturated heterocycles. The van der Waals surface area contributed by atoms with Gasteiger partial charge in [0.15, 0.2) is 11.7 Å². The molecule has 160 valence electrons. The molecule has 1 rings (SSSR count). The Hall–Kier alpha value is -2.02. The molecule has 0 aliphatic carbocycles. The van der Waals surface area contributed by atoms with Gasteiger partial charge in [-0.1, -0.05) is 13.8 Å². The van der Waals surface area contributed by atoms with Crippen LogP contribution >= 0.6 is 0 Å². The highest BCUT2D eigenvalue weighted by atomic mass is 16.3. The van der Waals surface area contributed by atoms with E-state index in [1.165, 1.54) is 12.7 Å². The third kappa shape index (κ3) is 9.26. The van der Waals surface area contributed by atoms with Crippen molar-refractivity contribution in [1.29, 1.82) is 0 Å². The van der Waals surface area contributed by atoms with Crippen LogP contribution in [0.4, 0.5) is 0 Å². The summed E-state index contributed by atoms with van der Waals surface area (Å²) < 4.78 is 5.20. The molecule has 0 aliphatic rings. The van der Waals surface area contributed by atoms with E-state index >= 15 is 0 Å². The molecule has 0 spiro atoms. The molecule has 1 aromatic rings. The fraction of sp³-hybridized carbons (Fsp3) is 0.714.